The summed E-state index contributed by atoms with van der Waals surface area (Å²) in [5.41, 5.74) is 1.59. The van der Waals surface area contributed by atoms with Crippen LogP contribution < -0.4 is 16.1 Å². The largest absolute Gasteiger partial charge is 0.331 e. The van der Waals surface area contributed by atoms with Crippen molar-refractivity contribution in [2.75, 3.05) is 11.4 Å². The molecule has 0 unspecified atom stereocenters. The van der Waals surface area contributed by atoms with Gasteiger partial charge in [0.05, 0.1) is 10.9 Å². The Morgan fingerprint density at radius 1 is 1.00 bits per heavy atom. The highest BCUT2D eigenvalue weighted by Gasteiger charge is 2.19. The Kier molecular flexibility index (Phi) is 5.78. The second kappa shape index (κ2) is 8.25. The lowest BCUT2D eigenvalue weighted by molar-refractivity contribution is -0.119. The predicted molar refractivity (Wildman–Crippen MR) is 112 cm³/mol. The summed E-state index contributed by atoms with van der Waals surface area (Å²) in [6.45, 7) is 6.48. The quantitative estimate of drug-likeness (QED) is 0.661. The molecule has 1 heterocycles. The lowest BCUT2D eigenvalue weighted by Crippen LogP contribution is -2.43. The van der Waals surface area contributed by atoms with Gasteiger partial charge in [0.1, 0.15) is 6.54 Å². The molecule has 0 aliphatic carbocycles. The van der Waals surface area contributed by atoms with Gasteiger partial charge in [-0.05, 0) is 50.1 Å². The van der Waals surface area contributed by atoms with E-state index in [0.29, 0.717) is 30.4 Å². The average Bonchev–Trinajstić information content (AvgIpc) is 2.69. The van der Waals surface area contributed by atoms with Crippen molar-refractivity contribution in [3.8, 4) is 0 Å². The first-order chi connectivity index (χ1) is 13.5. The van der Waals surface area contributed by atoms with Gasteiger partial charge in [0.2, 0.25) is 5.91 Å². The molecule has 0 atom stereocenters. The molecule has 1 aromatic heterocycles. The van der Waals surface area contributed by atoms with Crippen molar-refractivity contribution in [1.29, 1.82) is 0 Å². The van der Waals surface area contributed by atoms with Crippen LogP contribution in [0, 0.1) is 6.92 Å². The first-order valence-electron chi connectivity index (χ1n) is 9.57. The van der Waals surface area contributed by atoms with Crippen LogP contribution in [0.5, 0.6) is 0 Å². The zero-order valence-electron chi connectivity index (χ0n) is 16.5. The van der Waals surface area contributed by atoms with E-state index < -0.39 is 5.69 Å². The molecule has 146 valence electrons. The number of nitrogens with zero attached hydrogens (tertiary/aromatic N) is 3. The van der Waals surface area contributed by atoms with Crippen LogP contribution in [0.25, 0.3) is 10.9 Å². The van der Waals surface area contributed by atoms with Crippen molar-refractivity contribution in [3.05, 3.63) is 74.9 Å². The molecular weight excluding hydrogens is 354 g/mol. The number of anilines is 1. The number of carbonyl (C=O) groups is 1. The maximum absolute atomic E-state index is 13.1. The van der Waals surface area contributed by atoms with Gasteiger partial charge in [-0.25, -0.2) is 4.79 Å². The third-order valence-corrected chi connectivity index (χ3v) is 4.80. The molecule has 3 aromatic rings. The Labute approximate surface area is 163 Å². The molecule has 0 aliphatic rings. The minimum atomic E-state index is -0.445. The number of carbonyl (C=O) groups excluding carboxylic acids is 1. The summed E-state index contributed by atoms with van der Waals surface area (Å²) in [5.74, 6) is -0.193. The first-order valence-corrected chi connectivity index (χ1v) is 9.57. The number of hydrogen-bond acceptors (Lipinski definition) is 3. The summed E-state index contributed by atoms with van der Waals surface area (Å²) in [7, 11) is 0. The maximum atomic E-state index is 13.1. The SMILES string of the molecule is CCCn1c(=O)c2ccccc2n(CC(=O)N(CC)c2cccc(C)c2)c1=O. The van der Waals surface area contributed by atoms with E-state index in [1.807, 2.05) is 45.0 Å². The molecule has 0 fully saturated rings. The van der Waals surface area contributed by atoms with Crippen LogP contribution in [0.2, 0.25) is 0 Å². The molecule has 6 nitrogen and oxygen atoms in total. The van der Waals surface area contributed by atoms with E-state index in [1.54, 1.807) is 29.2 Å². The fourth-order valence-electron chi connectivity index (χ4n) is 3.46. The molecule has 0 N–H and O–H groups in total. The number of para-hydroxylation sites is 1. The van der Waals surface area contributed by atoms with Crippen molar-refractivity contribution in [1.82, 2.24) is 9.13 Å². The smallest absolute Gasteiger partial charge is 0.311 e. The summed E-state index contributed by atoms with van der Waals surface area (Å²) in [5, 5.41) is 0.446. The number of benzene rings is 2. The van der Waals surface area contributed by atoms with Crippen molar-refractivity contribution < 1.29 is 4.79 Å². The molecule has 6 heteroatoms. The standard InChI is InChI=1S/C22H25N3O3/c1-4-13-24-21(27)18-11-6-7-12-19(18)25(22(24)28)15-20(26)23(5-2)17-10-8-9-16(3)14-17/h6-12,14H,4-5,13,15H2,1-3H3. The van der Waals surface area contributed by atoms with Gasteiger partial charge < -0.3 is 4.90 Å². The Morgan fingerprint density at radius 3 is 2.43 bits per heavy atom. The van der Waals surface area contributed by atoms with Gasteiger partial charge in [0.25, 0.3) is 5.56 Å². The summed E-state index contributed by atoms with van der Waals surface area (Å²) in [6.07, 6.45) is 0.659. The van der Waals surface area contributed by atoms with E-state index in [1.165, 1.54) is 9.13 Å². The van der Waals surface area contributed by atoms with Crippen molar-refractivity contribution in [2.45, 2.75) is 40.3 Å². The Morgan fingerprint density at radius 2 is 1.75 bits per heavy atom. The highest BCUT2D eigenvalue weighted by Crippen LogP contribution is 2.17. The molecular formula is C22H25N3O3. The van der Waals surface area contributed by atoms with Gasteiger partial charge >= 0.3 is 5.69 Å². The van der Waals surface area contributed by atoms with Crippen LogP contribution in [0.15, 0.2) is 58.1 Å². The fraction of sp³-hybridized carbons (Fsp3) is 0.318. The van der Waals surface area contributed by atoms with Gasteiger partial charge in [-0.15, -0.1) is 0 Å². The molecule has 0 saturated heterocycles. The van der Waals surface area contributed by atoms with Gasteiger partial charge in [-0.3, -0.25) is 18.7 Å². The summed E-state index contributed by atoms with van der Waals surface area (Å²) >= 11 is 0. The van der Waals surface area contributed by atoms with Crippen molar-refractivity contribution >= 4 is 22.5 Å². The zero-order chi connectivity index (χ0) is 20.3. The number of fused-ring (bicyclic) bond motifs is 1. The Bertz CT molecular complexity index is 1130. The Balaban J connectivity index is 2.09. The number of aromatic nitrogens is 2. The normalized spacial score (nSPS) is 11.0. The molecule has 0 radical (unpaired) electrons. The molecule has 1 amide bonds. The number of rotatable bonds is 6. The summed E-state index contributed by atoms with van der Waals surface area (Å²) < 4.78 is 2.63. The third kappa shape index (κ3) is 3.63. The van der Waals surface area contributed by atoms with Gasteiger partial charge in [0.15, 0.2) is 0 Å². The van der Waals surface area contributed by atoms with Crippen LogP contribution in [0.1, 0.15) is 25.8 Å². The fourth-order valence-corrected chi connectivity index (χ4v) is 3.46. The third-order valence-electron chi connectivity index (χ3n) is 4.80. The summed E-state index contributed by atoms with van der Waals surface area (Å²) in [6, 6.07) is 14.6. The van der Waals surface area contributed by atoms with E-state index in [-0.39, 0.29) is 18.0 Å². The average molecular weight is 379 g/mol. The van der Waals surface area contributed by atoms with Gasteiger partial charge in [-0.1, -0.05) is 31.2 Å². The second-order valence-corrected chi connectivity index (χ2v) is 6.82. The highest BCUT2D eigenvalue weighted by atomic mass is 16.2. The van der Waals surface area contributed by atoms with Crippen LogP contribution in [-0.2, 0) is 17.9 Å². The molecule has 2 aromatic carbocycles. The van der Waals surface area contributed by atoms with Crippen LogP contribution in [0.3, 0.4) is 0 Å². The van der Waals surface area contributed by atoms with Gasteiger partial charge in [-0.2, -0.15) is 0 Å². The molecule has 28 heavy (non-hydrogen) atoms. The van der Waals surface area contributed by atoms with Gasteiger partial charge in [0, 0.05) is 18.8 Å². The first kappa shape index (κ1) is 19.6. The monoisotopic (exact) mass is 379 g/mol. The molecule has 0 saturated carbocycles. The van der Waals surface area contributed by atoms with Crippen LogP contribution >= 0.6 is 0 Å². The van der Waals surface area contributed by atoms with E-state index in [4.69, 9.17) is 0 Å². The Hall–Kier alpha value is -3.15. The van der Waals surface area contributed by atoms with Crippen LogP contribution in [0.4, 0.5) is 5.69 Å². The molecule has 0 aliphatic heterocycles. The molecule has 3 rings (SSSR count). The van der Waals surface area contributed by atoms with Crippen LogP contribution in [-0.4, -0.2) is 21.6 Å². The van der Waals surface area contributed by atoms with Crippen molar-refractivity contribution in [3.63, 3.8) is 0 Å². The summed E-state index contributed by atoms with van der Waals surface area (Å²) in [4.78, 5) is 40.4. The van der Waals surface area contributed by atoms with E-state index in [9.17, 15) is 14.4 Å². The number of aryl methyl sites for hydroxylation is 1. The second-order valence-electron chi connectivity index (χ2n) is 6.82. The zero-order valence-corrected chi connectivity index (χ0v) is 16.5. The van der Waals surface area contributed by atoms with Crippen molar-refractivity contribution in [2.24, 2.45) is 0 Å². The minimum Gasteiger partial charge on any atom is -0.311 e. The number of hydrogen-bond donors (Lipinski definition) is 0. The number of likely N-dealkylation sites (N-methyl/N-ethyl adjacent to an activating group) is 1. The maximum Gasteiger partial charge on any atom is 0.331 e. The topological polar surface area (TPSA) is 64.3 Å². The predicted octanol–water partition coefficient (Wildman–Crippen LogP) is 2.93. The van der Waals surface area contributed by atoms with E-state index in [2.05, 4.69) is 0 Å². The lowest BCUT2D eigenvalue weighted by atomic mass is 10.2. The number of amides is 1. The minimum absolute atomic E-state index is 0.120. The molecule has 0 bridgehead atoms. The van der Waals surface area contributed by atoms with E-state index in [0.717, 1.165) is 11.3 Å². The highest BCUT2D eigenvalue weighted by molar-refractivity contribution is 5.94. The lowest BCUT2D eigenvalue weighted by Gasteiger charge is -2.23. The molecule has 0 spiro atoms. The van der Waals surface area contributed by atoms with E-state index >= 15 is 0 Å².